The molecule has 0 saturated heterocycles. The van der Waals surface area contributed by atoms with Crippen molar-refractivity contribution in [2.75, 3.05) is 45.3 Å². The summed E-state index contributed by atoms with van der Waals surface area (Å²) in [6.07, 6.45) is 2.96. The Kier molecular flexibility index (Phi) is 8.88. The molecule has 172 valence electrons. The van der Waals surface area contributed by atoms with Crippen molar-refractivity contribution >= 4 is 32.6 Å². The number of carbonyl (C=O) groups is 1. The van der Waals surface area contributed by atoms with E-state index < -0.39 is 0 Å². The van der Waals surface area contributed by atoms with Crippen LogP contribution in [0, 0.1) is 0 Å². The molecule has 1 aromatic heterocycles. The van der Waals surface area contributed by atoms with Gasteiger partial charge in [-0.15, -0.1) is 0 Å². The number of fused-ring (bicyclic) bond motifs is 1. The maximum Gasteiger partial charge on any atom is 0.260 e. The molecule has 1 amide bonds. The van der Waals surface area contributed by atoms with Crippen molar-refractivity contribution < 1.29 is 14.3 Å². The van der Waals surface area contributed by atoms with Gasteiger partial charge in [-0.3, -0.25) is 9.69 Å². The lowest BCUT2D eigenvalue weighted by Crippen LogP contribution is -2.33. The second kappa shape index (κ2) is 11.8. The number of amides is 1. The molecule has 3 aromatic rings. The molecule has 7 heteroatoms. The number of unbranched alkanes of at least 4 members (excludes halogenated alkanes) is 1. The molecule has 0 unspecified atom stereocenters. The van der Waals surface area contributed by atoms with Gasteiger partial charge >= 0.3 is 0 Å². The summed E-state index contributed by atoms with van der Waals surface area (Å²) in [6, 6.07) is 13.3. The van der Waals surface area contributed by atoms with Crippen LogP contribution in [0.5, 0.6) is 11.5 Å². The number of aromatic nitrogens is 1. The van der Waals surface area contributed by atoms with Crippen molar-refractivity contribution in [3.8, 4) is 11.5 Å². The van der Waals surface area contributed by atoms with Crippen LogP contribution in [0.4, 0.5) is 5.13 Å². The number of hydrogen-bond acceptors (Lipinski definition) is 6. The number of rotatable bonds is 12. The second-order valence-electron chi connectivity index (χ2n) is 7.87. The summed E-state index contributed by atoms with van der Waals surface area (Å²) in [6.45, 7) is 6.84. The lowest BCUT2D eigenvalue weighted by atomic mass is 10.2. The third kappa shape index (κ3) is 6.20. The van der Waals surface area contributed by atoms with Crippen molar-refractivity contribution in [1.82, 2.24) is 9.88 Å². The van der Waals surface area contributed by atoms with E-state index in [9.17, 15) is 4.79 Å². The molecule has 0 spiro atoms. The van der Waals surface area contributed by atoms with Gasteiger partial charge < -0.3 is 14.4 Å². The largest absolute Gasteiger partial charge is 0.494 e. The van der Waals surface area contributed by atoms with Crippen LogP contribution in [-0.2, 0) is 0 Å². The molecule has 0 aliphatic carbocycles. The molecule has 0 radical (unpaired) electrons. The molecule has 0 atom stereocenters. The van der Waals surface area contributed by atoms with E-state index in [4.69, 9.17) is 14.5 Å². The zero-order chi connectivity index (χ0) is 22.9. The summed E-state index contributed by atoms with van der Waals surface area (Å²) in [7, 11) is 4.07. The normalized spacial score (nSPS) is 11.2. The predicted octanol–water partition coefficient (Wildman–Crippen LogP) is 5.47. The maximum atomic E-state index is 13.5. The van der Waals surface area contributed by atoms with E-state index >= 15 is 0 Å². The maximum absolute atomic E-state index is 13.5. The highest BCUT2D eigenvalue weighted by Crippen LogP contribution is 2.35. The van der Waals surface area contributed by atoms with Gasteiger partial charge in [-0.25, -0.2) is 4.98 Å². The minimum atomic E-state index is -0.0547. The smallest absolute Gasteiger partial charge is 0.260 e. The van der Waals surface area contributed by atoms with E-state index in [1.165, 1.54) is 11.3 Å². The molecule has 0 N–H and O–H groups in total. The molecule has 0 aliphatic heterocycles. The van der Waals surface area contributed by atoms with Crippen LogP contribution in [0.3, 0.4) is 0 Å². The van der Waals surface area contributed by atoms with Crippen molar-refractivity contribution in [2.45, 2.75) is 33.1 Å². The van der Waals surface area contributed by atoms with Gasteiger partial charge in [-0.1, -0.05) is 30.7 Å². The Morgan fingerprint density at radius 3 is 2.47 bits per heavy atom. The molecule has 32 heavy (non-hydrogen) atoms. The number of nitrogens with zero attached hydrogens (tertiary/aromatic N) is 3. The Morgan fingerprint density at radius 1 is 1.00 bits per heavy atom. The van der Waals surface area contributed by atoms with Crippen LogP contribution in [0.15, 0.2) is 42.5 Å². The fourth-order valence-corrected chi connectivity index (χ4v) is 4.32. The molecule has 1 heterocycles. The van der Waals surface area contributed by atoms with Crippen molar-refractivity contribution in [3.63, 3.8) is 0 Å². The van der Waals surface area contributed by atoms with Crippen LogP contribution >= 0.6 is 11.3 Å². The summed E-state index contributed by atoms with van der Waals surface area (Å²) >= 11 is 1.52. The Morgan fingerprint density at radius 2 is 1.78 bits per heavy atom. The summed E-state index contributed by atoms with van der Waals surface area (Å²) in [4.78, 5) is 22.2. The molecule has 0 aliphatic rings. The highest BCUT2D eigenvalue weighted by molar-refractivity contribution is 7.22. The van der Waals surface area contributed by atoms with Crippen molar-refractivity contribution in [2.24, 2.45) is 0 Å². The van der Waals surface area contributed by atoms with E-state index in [2.05, 4.69) is 11.8 Å². The standard InChI is InChI=1S/C25H33N3O3S/c1-5-7-18-31-20-14-12-19(13-15-20)24(29)28(17-9-16-27(3)4)25-26-23-21(30-6-2)10-8-11-22(23)32-25/h8,10-15H,5-7,9,16-18H2,1-4H3. The SMILES string of the molecule is CCCCOc1ccc(C(=O)N(CCCN(C)C)c2nc3c(OCC)cccc3s2)cc1. The third-order valence-corrected chi connectivity index (χ3v) is 6.05. The zero-order valence-electron chi connectivity index (χ0n) is 19.5. The Hall–Kier alpha value is -2.64. The summed E-state index contributed by atoms with van der Waals surface area (Å²) in [5, 5.41) is 0.694. The van der Waals surface area contributed by atoms with Crippen molar-refractivity contribution in [3.05, 3.63) is 48.0 Å². The summed E-state index contributed by atoms with van der Waals surface area (Å²) in [5.41, 5.74) is 1.43. The molecule has 6 nitrogen and oxygen atoms in total. The van der Waals surface area contributed by atoms with E-state index in [1.54, 1.807) is 4.90 Å². The number of anilines is 1. The third-order valence-electron chi connectivity index (χ3n) is 5.00. The van der Waals surface area contributed by atoms with E-state index in [1.807, 2.05) is 63.5 Å². The first kappa shape index (κ1) is 24.0. The van der Waals surface area contributed by atoms with Gasteiger partial charge in [0.2, 0.25) is 0 Å². The average Bonchev–Trinajstić information content (AvgIpc) is 3.22. The Labute approximate surface area is 194 Å². The highest BCUT2D eigenvalue weighted by atomic mass is 32.1. The first-order valence-corrected chi connectivity index (χ1v) is 12.1. The minimum Gasteiger partial charge on any atom is -0.494 e. The van der Waals surface area contributed by atoms with E-state index in [0.717, 1.165) is 47.5 Å². The number of ether oxygens (including phenoxy) is 2. The molecule has 2 aromatic carbocycles. The summed E-state index contributed by atoms with van der Waals surface area (Å²) in [5.74, 6) is 1.48. The monoisotopic (exact) mass is 455 g/mol. The number of carbonyl (C=O) groups excluding carboxylic acids is 1. The van der Waals surface area contributed by atoms with Crippen LogP contribution in [-0.4, -0.2) is 56.2 Å². The Balaban J connectivity index is 1.86. The predicted molar refractivity (Wildman–Crippen MR) is 132 cm³/mol. The molecule has 0 fully saturated rings. The molecule has 0 bridgehead atoms. The van der Waals surface area contributed by atoms with Gasteiger partial charge in [0.25, 0.3) is 5.91 Å². The quantitative estimate of drug-likeness (QED) is 0.339. The topological polar surface area (TPSA) is 54.9 Å². The van der Waals surface area contributed by atoms with Gasteiger partial charge in [0.05, 0.1) is 17.9 Å². The minimum absolute atomic E-state index is 0.0547. The Bertz CT molecular complexity index is 1000. The number of benzene rings is 2. The van der Waals surface area contributed by atoms with Gasteiger partial charge in [0.1, 0.15) is 17.0 Å². The average molecular weight is 456 g/mol. The van der Waals surface area contributed by atoms with Crippen LogP contribution in [0.2, 0.25) is 0 Å². The number of para-hydroxylation sites is 1. The van der Waals surface area contributed by atoms with Crippen LogP contribution < -0.4 is 14.4 Å². The highest BCUT2D eigenvalue weighted by Gasteiger charge is 2.22. The number of hydrogen-bond donors (Lipinski definition) is 0. The van der Waals surface area contributed by atoms with Crippen molar-refractivity contribution in [1.29, 1.82) is 0 Å². The second-order valence-corrected chi connectivity index (χ2v) is 8.88. The molecule has 0 saturated carbocycles. The molecular weight excluding hydrogens is 422 g/mol. The van der Waals surface area contributed by atoms with Crippen LogP contribution in [0.1, 0.15) is 43.5 Å². The molecular formula is C25H33N3O3S. The van der Waals surface area contributed by atoms with Gasteiger partial charge in [-0.05, 0) is 76.8 Å². The molecule has 3 rings (SSSR count). The lowest BCUT2D eigenvalue weighted by Gasteiger charge is -2.21. The number of thiazole rings is 1. The van der Waals surface area contributed by atoms with Gasteiger partial charge in [-0.2, -0.15) is 0 Å². The van der Waals surface area contributed by atoms with E-state index in [-0.39, 0.29) is 5.91 Å². The first-order chi connectivity index (χ1) is 15.5. The zero-order valence-corrected chi connectivity index (χ0v) is 20.3. The fraction of sp³-hybridized carbons (Fsp3) is 0.440. The first-order valence-electron chi connectivity index (χ1n) is 11.2. The summed E-state index contributed by atoms with van der Waals surface area (Å²) < 4.78 is 12.5. The lowest BCUT2D eigenvalue weighted by molar-refractivity contribution is 0.0986. The van der Waals surface area contributed by atoms with Crippen LogP contribution in [0.25, 0.3) is 10.2 Å². The van der Waals surface area contributed by atoms with Gasteiger partial charge in [0.15, 0.2) is 5.13 Å². The fourth-order valence-electron chi connectivity index (χ4n) is 3.31. The van der Waals surface area contributed by atoms with Gasteiger partial charge in [0, 0.05) is 12.1 Å². The van der Waals surface area contributed by atoms with E-state index in [0.29, 0.717) is 30.5 Å².